The van der Waals surface area contributed by atoms with Crippen molar-refractivity contribution in [2.75, 3.05) is 26.7 Å². The second-order valence-corrected chi connectivity index (χ2v) is 10.8. The van der Waals surface area contributed by atoms with Crippen molar-refractivity contribution in [1.82, 2.24) is 20.0 Å². The number of hydrogen-bond donors (Lipinski definition) is 1. The van der Waals surface area contributed by atoms with Gasteiger partial charge in [-0.05, 0) is 58.4 Å². The van der Waals surface area contributed by atoms with Gasteiger partial charge in [0.05, 0.1) is 12.1 Å². The van der Waals surface area contributed by atoms with E-state index in [4.69, 9.17) is 0 Å². The topological polar surface area (TPSA) is 73.0 Å². The average molecular weight is 463 g/mol. The zero-order valence-electron chi connectivity index (χ0n) is 22.1. The maximum absolute atomic E-state index is 13.6. The van der Waals surface area contributed by atoms with E-state index in [2.05, 4.69) is 37.9 Å². The van der Waals surface area contributed by atoms with E-state index >= 15 is 0 Å². The largest absolute Gasteiger partial charge is 0.343 e. The molecule has 0 radical (unpaired) electrons. The van der Waals surface area contributed by atoms with Crippen LogP contribution in [0.15, 0.2) is 11.6 Å². The van der Waals surface area contributed by atoms with Crippen molar-refractivity contribution >= 4 is 17.7 Å². The maximum atomic E-state index is 13.6. The molecule has 0 aliphatic carbocycles. The number of nitrogens with one attached hydrogen (secondary N) is 1. The van der Waals surface area contributed by atoms with Crippen LogP contribution in [-0.2, 0) is 14.4 Å². The zero-order chi connectivity index (χ0) is 24.9. The number of likely N-dealkylation sites (tertiary alicyclic amines) is 2. The summed E-state index contributed by atoms with van der Waals surface area (Å²) in [5, 5.41) is 3.09. The van der Waals surface area contributed by atoms with Crippen LogP contribution in [0.5, 0.6) is 0 Å². The molecule has 3 amide bonds. The van der Waals surface area contributed by atoms with E-state index in [-0.39, 0.29) is 41.6 Å². The van der Waals surface area contributed by atoms with Gasteiger partial charge in [-0.2, -0.15) is 0 Å². The number of rotatable bonds is 9. The lowest BCUT2D eigenvalue weighted by molar-refractivity contribution is -0.140. The molecule has 2 saturated heterocycles. The molecule has 2 aliphatic rings. The molecule has 0 saturated carbocycles. The number of likely N-dealkylation sites (N-methyl/N-ethyl adjacent to an activating group) is 1. The maximum Gasteiger partial charge on any atom is 0.249 e. The second kappa shape index (κ2) is 12.0. The van der Waals surface area contributed by atoms with E-state index in [1.54, 1.807) is 11.9 Å². The Kier molecular flexibility index (Phi) is 9.95. The van der Waals surface area contributed by atoms with Crippen LogP contribution in [0.25, 0.3) is 0 Å². The predicted molar refractivity (Wildman–Crippen MR) is 133 cm³/mol. The highest BCUT2D eigenvalue weighted by Crippen LogP contribution is 2.22. The van der Waals surface area contributed by atoms with Crippen LogP contribution in [0.2, 0.25) is 0 Å². The van der Waals surface area contributed by atoms with E-state index < -0.39 is 6.04 Å². The molecule has 7 nitrogen and oxygen atoms in total. The Morgan fingerprint density at radius 2 is 1.58 bits per heavy atom. The monoisotopic (exact) mass is 462 g/mol. The van der Waals surface area contributed by atoms with Gasteiger partial charge >= 0.3 is 0 Å². The molecule has 3 atom stereocenters. The molecule has 0 aromatic carbocycles. The Bertz CT molecular complexity index is 727. The minimum absolute atomic E-state index is 0.0411. The van der Waals surface area contributed by atoms with Crippen LogP contribution in [0.3, 0.4) is 0 Å². The molecular weight excluding hydrogens is 416 g/mol. The molecule has 2 rings (SSSR count). The van der Waals surface area contributed by atoms with Crippen molar-refractivity contribution in [2.45, 2.75) is 98.3 Å². The van der Waals surface area contributed by atoms with E-state index in [1.807, 2.05) is 31.7 Å². The van der Waals surface area contributed by atoms with Gasteiger partial charge in [-0.15, -0.1) is 0 Å². The Labute approximate surface area is 200 Å². The summed E-state index contributed by atoms with van der Waals surface area (Å²) in [5.74, 6) is -0.0152. The second-order valence-electron chi connectivity index (χ2n) is 10.8. The third-order valence-electron chi connectivity index (χ3n) is 7.12. The fraction of sp³-hybridized carbons (Fsp3) is 0.808. The molecule has 0 spiro atoms. The average Bonchev–Trinajstić information content (AvgIpc) is 2.72. The third kappa shape index (κ3) is 6.81. The van der Waals surface area contributed by atoms with E-state index in [0.29, 0.717) is 11.6 Å². The fourth-order valence-electron chi connectivity index (χ4n) is 4.83. The Morgan fingerprint density at radius 1 is 0.939 bits per heavy atom. The molecule has 1 N–H and O–H groups in total. The summed E-state index contributed by atoms with van der Waals surface area (Å²) in [6.07, 6.45) is 5.94. The first-order valence-corrected chi connectivity index (χ1v) is 12.8. The molecule has 7 heteroatoms. The summed E-state index contributed by atoms with van der Waals surface area (Å²) in [6.45, 7) is 16.6. The molecule has 2 heterocycles. The number of amides is 3. The standard InChI is InChI=1S/C26H46N4O3/c1-17(2)22(16-20(7)25(32)29-13-11-14-29)28(8)26(33)23(18(3)4)27-24(31)21-12-9-10-15-30(21)19(5)6/h16-19,21-23H,9-15H2,1-8H3,(H,27,31)/t21?,22-,23+/m1/s1. The minimum Gasteiger partial charge on any atom is -0.343 e. The minimum atomic E-state index is -0.598. The Hall–Kier alpha value is -1.89. The first-order chi connectivity index (χ1) is 15.5. The summed E-state index contributed by atoms with van der Waals surface area (Å²) in [7, 11) is 1.79. The first kappa shape index (κ1) is 27.4. The van der Waals surface area contributed by atoms with Crippen LogP contribution in [0, 0.1) is 11.8 Å². The fourth-order valence-corrected chi connectivity index (χ4v) is 4.83. The van der Waals surface area contributed by atoms with Gasteiger partial charge in [0, 0.05) is 31.8 Å². The molecule has 0 aromatic heterocycles. The van der Waals surface area contributed by atoms with Gasteiger partial charge in [-0.1, -0.05) is 40.2 Å². The van der Waals surface area contributed by atoms with E-state index in [0.717, 1.165) is 45.3 Å². The highest BCUT2D eigenvalue weighted by atomic mass is 16.2. The van der Waals surface area contributed by atoms with Gasteiger partial charge in [0.25, 0.3) is 0 Å². The summed E-state index contributed by atoms with van der Waals surface area (Å²) >= 11 is 0. The Balaban J connectivity index is 2.16. The zero-order valence-corrected chi connectivity index (χ0v) is 22.1. The third-order valence-corrected chi connectivity index (χ3v) is 7.12. The molecule has 2 fully saturated rings. The molecule has 2 aliphatic heterocycles. The lowest BCUT2D eigenvalue weighted by Crippen LogP contribution is -2.58. The van der Waals surface area contributed by atoms with Crippen LogP contribution >= 0.6 is 0 Å². The molecule has 0 bridgehead atoms. The van der Waals surface area contributed by atoms with Crippen LogP contribution in [0.1, 0.15) is 74.1 Å². The number of nitrogens with zero attached hydrogens (tertiary/aromatic N) is 3. The number of hydrogen-bond acceptors (Lipinski definition) is 4. The van der Waals surface area contributed by atoms with Crippen molar-refractivity contribution in [3.63, 3.8) is 0 Å². The number of carbonyl (C=O) groups excluding carboxylic acids is 3. The van der Waals surface area contributed by atoms with Gasteiger partial charge in [0.2, 0.25) is 17.7 Å². The van der Waals surface area contributed by atoms with Crippen molar-refractivity contribution in [2.24, 2.45) is 11.8 Å². The van der Waals surface area contributed by atoms with Gasteiger partial charge in [-0.25, -0.2) is 0 Å². The summed E-state index contributed by atoms with van der Waals surface area (Å²) in [5.41, 5.74) is 0.674. The van der Waals surface area contributed by atoms with Crippen LogP contribution in [0.4, 0.5) is 0 Å². The SMILES string of the molecule is CC(=C[C@H](C(C)C)N(C)C(=O)[C@@H](NC(=O)C1CCCCN1C(C)C)C(C)C)C(=O)N1CCC1. The van der Waals surface area contributed by atoms with Crippen LogP contribution in [-0.4, -0.2) is 83.3 Å². The van der Waals surface area contributed by atoms with Gasteiger partial charge in [0.1, 0.15) is 6.04 Å². The highest BCUT2D eigenvalue weighted by Gasteiger charge is 2.36. The summed E-state index contributed by atoms with van der Waals surface area (Å²) in [6, 6.07) is -0.711. The Morgan fingerprint density at radius 3 is 2.06 bits per heavy atom. The molecular formula is C26H46N4O3. The highest BCUT2D eigenvalue weighted by molar-refractivity contribution is 5.94. The van der Waals surface area contributed by atoms with Crippen molar-refractivity contribution < 1.29 is 14.4 Å². The van der Waals surface area contributed by atoms with Gasteiger partial charge in [0.15, 0.2) is 0 Å². The van der Waals surface area contributed by atoms with Gasteiger partial charge in [-0.3, -0.25) is 19.3 Å². The normalized spacial score (nSPS) is 21.7. The van der Waals surface area contributed by atoms with E-state index in [9.17, 15) is 14.4 Å². The molecule has 1 unspecified atom stereocenters. The van der Waals surface area contributed by atoms with Crippen molar-refractivity contribution in [3.05, 3.63) is 11.6 Å². The summed E-state index contributed by atoms with van der Waals surface area (Å²) in [4.78, 5) is 45.3. The van der Waals surface area contributed by atoms with E-state index in [1.165, 1.54) is 0 Å². The lowest BCUT2D eigenvalue weighted by atomic mass is 9.95. The quantitative estimate of drug-likeness (QED) is 0.535. The number of carbonyl (C=O) groups is 3. The summed E-state index contributed by atoms with van der Waals surface area (Å²) < 4.78 is 0. The first-order valence-electron chi connectivity index (χ1n) is 12.8. The molecule has 33 heavy (non-hydrogen) atoms. The smallest absolute Gasteiger partial charge is 0.249 e. The lowest BCUT2D eigenvalue weighted by Gasteiger charge is -2.39. The van der Waals surface area contributed by atoms with Crippen LogP contribution < -0.4 is 5.32 Å². The molecule has 0 aromatic rings. The number of piperidine rings is 1. The van der Waals surface area contributed by atoms with Crippen molar-refractivity contribution in [3.8, 4) is 0 Å². The predicted octanol–water partition coefficient (Wildman–Crippen LogP) is 3.05. The van der Waals surface area contributed by atoms with Crippen molar-refractivity contribution in [1.29, 1.82) is 0 Å². The molecule has 188 valence electrons. The van der Waals surface area contributed by atoms with Gasteiger partial charge < -0.3 is 15.1 Å².